The molecule has 2 heterocycles. The van der Waals surface area contributed by atoms with Crippen molar-refractivity contribution in [2.45, 2.75) is 22.1 Å². The second-order valence-electron chi connectivity index (χ2n) is 8.13. The third-order valence-electron chi connectivity index (χ3n) is 5.67. The second kappa shape index (κ2) is 9.34. The molecule has 4 aromatic rings. The number of aromatic nitrogens is 2. The molecule has 38 heavy (non-hydrogen) atoms. The fraction of sp³-hybridized carbons (Fsp3) is 0.167. The van der Waals surface area contributed by atoms with Crippen molar-refractivity contribution in [3.05, 3.63) is 77.9 Å². The van der Waals surface area contributed by atoms with Gasteiger partial charge >= 0.3 is 12.4 Å². The summed E-state index contributed by atoms with van der Waals surface area (Å²) in [6, 6.07) is 12.3. The van der Waals surface area contributed by atoms with Gasteiger partial charge in [0.25, 0.3) is 15.9 Å². The average Bonchev–Trinajstić information content (AvgIpc) is 3.38. The molecule has 0 fully saturated rings. The van der Waals surface area contributed by atoms with Crippen molar-refractivity contribution in [2.75, 3.05) is 16.6 Å². The Balaban J connectivity index is 1.48. The molecule has 0 amide bonds. The normalized spacial score (nSPS) is 14.4. The van der Waals surface area contributed by atoms with E-state index in [-0.39, 0.29) is 34.4 Å². The van der Waals surface area contributed by atoms with Crippen molar-refractivity contribution >= 4 is 27.5 Å². The molecule has 1 aliphatic heterocycles. The lowest BCUT2D eigenvalue weighted by atomic mass is 10.1. The number of fused-ring (bicyclic) bond motifs is 1. The van der Waals surface area contributed by atoms with Crippen LogP contribution in [0, 0.1) is 0 Å². The Hall–Kier alpha value is -3.52. The molecule has 1 aromatic heterocycles. The molecule has 0 atom stereocenters. The topological polar surface area (TPSA) is 76.3 Å². The van der Waals surface area contributed by atoms with Gasteiger partial charge in [-0.2, -0.15) is 31.3 Å². The van der Waals surface area contributed by atoms with Gasteiger partial charge in [-0.25, -0.2) is 8.42 Å². The summed E-state index contributed by atoms with van der Waals surface area (Å²) in [6.45, 7) is 0.0593. The van der Waals surface area contributed by atoms with Crippen molar-refractivity contribution in [3.8, 4) is 22.8 Å². The first-order valence-corrected chi connectivity index (χ1v) is 13.3. The summed E-state index contributed by atoms with van der Waals surface area (Å²) < 4.78 is 111. The Kier molecular flexibility index (Phi) is 6.42. The summed E-state index contributed by atoms with van der Waals surface area (Å²) in [7, 11) is -4.21. The Morgan fingerprint density at radius 3 is 2.24 bits per heavy atom. The number of nitrogens with zero attached hydrogens (tertiary/aromatic N) is 3. The molecule has 0 N–H and O–H groups in total. The molecular weight excluding hydrogens is 556 g/mol. The van der Waals surface area contributed by atoms with Gasteiger partial charge in [0, 0.05) is 28.3 Å². The third kappa shape index (κ3) is 4.97. The predicted octanol–water partition coefficient (Wildman–Crippen LogP) is 6.74. The summed E-state index contributed by atoms with van der Waals surface area (Å²) in [4.78, 5) is 4.47. The van der Waals surface area contributed by atoms with Gasteiger partial charge in [0.15, 0.2) is 0 Å². The Labute approximate surface area is 216 Å². The molecule has 5 rings (SSSR count). The van der Waals surface area contributed by atoms with E-state index < -0.39 is 33.5 Å². The van der Waals surface area contributed by atoms with E-state index in [0.717, 1.165) is 28.6 Å². The van der Waals surface area contributed by atoms with Gasteiger partial charge in [0.05, 0.1) is 21.7 Å². The van der Waals surface area contributed by atoms with Gasteiger partial charge in [-0.1, -0.05) is 17.3 Å². The number of alkyl halides is 6. The standard InChI is InChI=1S/C24H15F6N3O3S2/c25-23(26,27)16-5-7-18(8-6-16)38(34,35)33-10-11-37-20-9-4-15(13-19(20)33)22-31-21(32-36-22)14-2-1-3-17(12-14)24(28,29)30/h1-9,12-13H,10-11H2. The number of rotatable bonds is 4. The zero-order valence-corrected chi connectivity index (χ0v) is 20.5. The quantitative estimate of drug-likeness (QED) is 0.253. The number of hydrogen-bond acceptors (Lipinski definition) is 6. The van der Waals surface area contributed by atoms with Crippen LogP contribution in [0.3, 0.4) is 0 Å². The van der Waals surface area contributed by atoms with E-state index in [1.54, 1.807) is 12.1 Å². The van der Waals surface area contributed by atoms with Crippen molar-refractivity contribution in [3.63, 3.8) is 0 Å². The minimum Gasteiger partial charge on any atom is -0.334 e. The van der Waals surface area contributed by atoms with Crippen LogP contribution in [0.5, 0.6) is 0 Å². The number of halogens is 6. The second-order valence-corrected chi connectivity index (χ2v) is 11.1. The average molecular weight is 572 g/mol. The molecule has 14 heteroatoms. The minimum atomic E-state index is -4.61. The Morgan fingerprint density at radius 2 is 1.55 bits per heavy atom. The molecule has 198 valence electrons. The minimum absolute atomic E-state index is 0.0531. The van der Waals surface area contributed by atoms with Gasteiger partial charge in [-0.3, -0.25) is 4.31 Å². The summed E-state index contributed by atoms with van der Waals surface area (Å²) in [6.07, 6.45) is -9.16. The fourth-order valence-electron chi connectivity index (χ4n) is 3.81. The molecule has 0 bridgehead atoms. The molecule has 0 saturated carbocycles. The highest BCUT2D eigenvalue weighted by molar-refractivity contribution is 8.00. The lowest BCUT2D eigenvalue weighted by molar-refractivity contribution is -0.138. The van der Waals surface area contributed by atoms with Gasteiger partial charge in [0.2, 0.25) is 5.82 Å². The van der Waals surface area contributed by atoms with Gasteiger partial charge in [-0.05, 0) is 54.6 Å². The predicted molar refractivity (Wildman–Crippen MR) is 127 cm³/mol. The molecule has 1 aliphatic rings. The lowest BCUT2D eigenvalue weighted by Crippen LogP contribution is -2.35. The Morgan fingerprint density at radius 1 is 0.842 bits per heavy atom. The molecule has 0 radical (unpaired) electrons. The SMILES string of the molecule is O=S(=O)(c1ccc(C(F)(F)F)cc1)N1CCSc2ccc(-c3nc(-c4cccc(C(F)(F)F)c4)no3)cc21. The van der Waals surface area contributed by atoms with Crippen LogP contribution >= 0.6 is 11.8 Å². The number of thioether (sulfide) groups is 1. The van der Waals surface area contributed by atoms with Crippen molar-refractivity contribution < 1.29 is 39.3 Å². The van der Waals surface area contributed by atoms with Crippen LogP contribution in [-0.4, -0.2) is 30.9 Å². The van der Waals surface area contributed by atoms with Crippen LogP contribution in [0.15, 0.2) is 81.0 Å². The molecule has 0 spiro atoms. The molecule has 0 aliphatic carbocycles. The first-order valence-electron chi connectivity index (χ1n) is 10.8. The van der Waals surface area contributed by atoms with Crippen LogP contribution in [-0.2, 0) is 22.4 Å². The summed E-state index contributed by atoms with van der Waals surface area (Å²) >= 11 is 1.39. The van der Waals surface area contributed by atoms with Crippen LogP contribution in [0.1, 0.15) is 11.1 Å². The summed E-state index contributed by atoms with van der Waals surface area (Å²) in [5, 5.41) is 3.76. The molecule has 6 nitrogen and oxygen atoms in total. The van der Waals surface area contributed by atoms with Crippen LogP contribution in [0.4, 0.5) is 32.0 Å². The largest absolute Gasteiger partial charge is 0.416 e. The zero-order valence-electron chi connectivity index (χ0n) is 18.9. The molecule has 0 unspecified atom stereocenters. The smallest absolute Gasteiger partial charge is 0.334 e. The maximum Gasteiger partial charge on any atom is 0.416 e. The van der Waals surface area contributed by atoms with E-state index in [0.29, 0.717) is 28.3 Å². The van der Waals surface area contributed by atoms with Crippen LogP contribution in [0.2, 0.25) is 0 Å². The first kappa shape index (κ1) is 26.1. The van der Waals surface area contributed by atoms with Crippen molar-refractivity contribution in [1.29, 1.82) is 0 Å². The van der Waals surface area contributed by atoms with Crippen molar-refractivity contribution in [2.24, 2.45) is 0 Å². The Bertz CT molecular complexity index is 1600. The molecule has 0 saturated heterocycles. The number of sulfonamides is 1. The molecule has 3 aromatic carbocycles. The summed E-state index contributed by atoms with van der Waals surface area (Å²) in [5.41, 5.74) is -1.20. The number of hydrogen-bond donors (Lipinski definition) is 0. The van der Waals surface area contributed by atoms with Gasteiger partial charge < -0.3 is 4.52 Å². The van der Waals surface area contributed by atoms with E-state index in [4.69, 9.17) is 4.52 Å². The number of anilines is 1. The zero-order chi connectivity index (χ0) is 27.3. The highest BCUT2D eigenvalue weighted by Gasteiger charge is 2.34. The molecular formula is C24H15F6N3O3S2. The number of benzene rings is 3. The van der Waals surface area contributed by atoms with E-state index in [9.17, 15) is 34.8 Å². The fourth-order valence-corrected chi connectivity index (χ4v) is 6.44. The van der Waals surface area contributed by atoms with Crippen LogP contribution in [0.25, 0.3) is 22.8 Å². The highest BCUT2D eigenvalue weighted by atomic mass is 32.2. The summed E-state index contributed by atoms with van der Waals surface area (Å²) in [5.74, 6) is 0.266. The first-order chi connectivity index (χ1) is 17.8. The van der Waals surface area contributed by atoms with Crippen molar-refractivity contribution in [1.82, 2.24) is 10.1 Å². The lowest BCUT2D eigenvalue weighted by Gasteiger charge is -2.30. The van der Waals surface area contributed by atoms with Gasteiger partial charge in [0.1, 0.15) is 0 Å². The maximum absolute atomic E-state index is 13.4. The maximum atomic E-state index is 13.4. The van der Waals surface area contributed by atoms with E-state index >= 15 is 0 Å². The highest BCUT2D eigenvalue weighted by Crippen LogP contribution is 2.41. The monoisotopic (exact) mass is 571 g/mol. The van der Waals surface area contributed by atoms with E-state index in [1.165, 1.54) is 30.0 Å². The van der Waals surface area contributed by atoms with Crippen LogP contribution < -0.4 is 4.31 Å². The van der Waals surface area contributed by atoms with E-state index in [2.05, 4.69) is 10.1 Å². The van der Waals surface area contributed by atoms with E-state index in [1.807, 2.05) is 0 Å². The third-order valence-corrected chi connectivity index (χ3v) is 8.54. The van der Waals surface area contributed by atoms with Gasteiger partial charge in [-0.15, -0.1) is 11.8 Å².